The summed E-state index contributed by atoms with van der Waals surface area (Å²) in [6.45, 7) is 1.54. The molecule has 0 aromatic carbocycles. The fourth-order valence-corrected chi connectivity index (χ4v) is 1.75. The third kappa shape index (κ3) is 2.88. The van der Waals surface area contributed by atoms with E-state index in [9.17, 15) is 13.6 Å². The van der Waals surface area contributed by atoms with Crippen molar-refractivity contribution in [1.82, 2.24) is 4.98 Å². The Balaban J connectivity index is 3.22. The number of halogens is 3. The molecule has 0 spiro atoms. The molecular weight excluding hydrogens is 240 g/mol. The zero-order chi connectivity index (χ0) is 12.3. The van der Waals surface area contributed by atoms with Crippen molar-refractivity contribution < 1.29 is 18.7 Å². The van der Waals surface area contributed by atoms with Crippen LogP contribution in [-0.4, -0.2) is 16.1 Å². The fourth-order valence-electron chi connectivity index (χ4n) is 1.40. The van der Waals surface area contributed by atoms with Gasteiger partial charge in [0.15, 0.2) is 0 Å². The summed E-state index contributed by atoms with van der Waals surface area (Å²) >= 11 is 5.55. The molecule has 1 aromatic rings. The largest absolute Gasteiger partial charge is 0.481 e. The molecule has 0 saturated heterocycles. The second-order valence-corrected chi connectivity index (χ2v) is 3.54. The third-order valence-corrected chi connectivity index (χ3v) is 2.39. The molecule has 0 aliphatic rings. The topological polar surface area (TPSA) is 50.2 Å². The molecule has 0 fully saturated rings. The van der Waals surface area contributed by atoms with E-state index in [0.29, 0.717) is 5.69 Å². The molecule has 88 valence electrons. The molecule has 1 heterocycles. The first-order chi connectivity index (χ1) is 7.45. The van der Waals surface area contributed by atoms with E-state index in [1.807, 2.05) is 0 Å². The summed E-state index contributed by atoms with van der Waals surface area (Å²) < 4.78 is 25.4. The number of alkyl halides is 3. The number of aromatic nitrogens is 1. The number of carboxylic acid groups (broad SMARTS) is 1. The van der Waals surface area contributed by atoms with Crippen molar-refractivity contribution in [3.05, 3.63) is 28.6 Å². The van der Waals surface area contributed by atoms with E-state index in [4.69, 9.17) is 16.7 Å². The molecule has 1 aromatic heterocycles. The highest BCUT2D eigenvalue weighted by molar-refractivity contribution is 6.17. The Labute approximate surface area is 96.1 Å². The fraction of sp³-hybridized carbons (Fsp3) is 0.400. The number of hydrogen-bond acceptors (Lipinski definition) is 2. The summed E-state index contributed by atoms with van der Waals surface area (Å²) in [5.74, 6) is -1.17. The summed E-state index contributed by atoms with van der Waals surface area (Å²) in [5, 5.41) is 8.56. The van der Waals surface area contributed by atoms with E-state index in [2.05, 4.69) is 4.98 Å². The average molecular weight is 250 g/mol. The maximum absolute atomic E-state index is 12.7. The first-order valence-electron chi connectivity index (χ1n) is 4.51. The molecule has 16 heavy (non-hydrogen) atoms. The van der Waals surface area contributed by atoms with E-state index < -0.39 is 12.4 Å². The number of rotatable bonds is 4. The highest BCUT2D eigenvalue weighted by atomic mass is 35.5. The minimum Gasteiger partial charge on any atom is -0.481 e. The van der Waals surface area contributed by atoms with Crippen molar-refractivity contribution in [1.29, 1.82) is 0 Å². The van der Waals surface area contributed by atoms with Crippen LogP contribution in [-0.2, 0) is 17.1 Å². The Morgan fingerprint density at radius 1 is 1.62 bits per heavy atom. The van der Waals surface area contributed by atoms with Gasteiger partial charge in [-0.05, 0) is 18.6 Å². The Kier molecular flexibility index (Phi) is 4.18. The monoisotopic (exact) mass is 249 g/mol. The van der Waals surface area contributed by atoms with Gasteiger partial charge < -0.3 is 5.11 Å². The molecule has 1 N–H and O–H groups in total. The highest BCUT2D eigenvalue weighted by Crippen LogP contribution is 2.26. The second kappa shape index (κ2) is 5.21. The van der Waals surface area contributed by atoms with Gasteiger partial charge >= 0.3 is 5.97 Å². The van der Waals surface area contributed by atoms with Crippen LogP contribution >= 0.6 is 11.6 Å². The quantitative estimate of drug-likeness (QED) is 0.835. The van der Waals surface area contributed by atoms with E-state index in [0.717, 1.165) is 6.07 Å². The van der Waals surface area contributed by atoms with Crippen LogP contribution in [0.4, 0.5) is 8.78 Å². The normalized spacial score (nSPS) is 10.8. The summed E-state index contributed by atoms with van der Waals surface area (Å²) in [6.07, 6.45) is -3.05. The first-order valence-corrected chi connectivity index (χ1v) is 5.04. The van der Waals surface area contributed by atoms with Gasteiger partial charge in [-0.15, -0.1) is 11.6 Å². The van der Waals surface area contributed by atoms with Gasteiger partial charge in [-0.3, -0.25) is 9.78 Å². The molecule has 1 rings (SSSR count). The van der Waals surface area contributed by atoms with E-state index in [1.165, 1.54) is 6.92 Å². The number of aliphatic carboxylic acids is 1. The predicted molar refractivity (Wildman–Crippen MR) is 54.8 cm³/mol. The van der Waals surface area contributed by atoms with Gasteiger partial charge in [0.25, 0.3) is 6.43 Å². The lowest BCUT2D eigenvalue weighted by Gasteiger charge is -2.11. The number of hydrogen-bond donors (Lipinski definition) is 1. The Bertz CT molecular complexity index is 410. The standard InChI is InChI=1S/C10H10ClF2NO2/c1-5-8(4-11)7(10(12)13)2-6(14-5)3-9(15)16/h2,10H,3-4H2,1H3,(H,15,16). The van der Waals surface area contributed by atoms with Gasteiger partial charge in [0.05, 0.1) is 12.1 Å². The molecule has 0 saturated carbocycles. The highest BCUT2D eigenvalue weighted by Gasteiger charge is 2.17. The molecule has 3 nitrogen and oxygen atoms in total. The molecule has 0 atom stereocenters. The first kappa shape index (κ1) is 12.8. The Morgan fingerprint density at radius 3 is 2.69 bits per heavy atom. The predicted octanol–water partition coefficient (Wildman–Crippen LogP) is 2.69. The van der Waals surface area contributed by atoms with Crippen LogP contribution in [0.3, 0.4) is 0 Å². The van der Waals surface area contributed by atoms with E-state index >= 15 is 0 Å². The van der Waals surface area contributed by atoms with E-state index in [1.54, 1.807) is 0 Å². The van der Waals surface area contributed by atoms with Gasteiger partial charge in [-0.2, -0.15) is 0 Å². The zero-order valence-electron chi connectivity index (χ0n) is 8.51. The maximum Gasteiger partial charge on any atom is 0.309 e. The minimum atomic E-state index is -2.68. The van der Waals surface area contributed by atoms with Crippen LogP contribution in [0.25, 0.3) is 0 Å². The zero-order valence-corrected chi connectivity index (χ0v) is 9.26. The Hall–Kier alpha value is -1.23. The molecule has 0 radical (unpaired) electrons. The van der Waals surface area contributed by atoms with Crippen LogP contribution in [0.5, 0.6) is 0 Å². The van der Waals surface area contributed by atoms with Gasteiger partial charge in [0.2, 0.25) is 0 Å². The maximum atomic E-state index is 12.7. The Morgan fingerprint density at radius 2 is 2.25 bits per heavy atom. The molecule has 0 amide bonds. The summed E-state index contributed by atoms with van der Waals surface area (Å²) in [7, 11) is 0. The number of nitrogens with zero attached hydrogens (tertiary/aromatic N) is 1. The number of aryl methyl sites for hydroxylation is 1. The molecule has 0 aliphatic carbocycles. The summed E-state index contributed by atoms with van der Waals surface area (Å²) in [4.78, 5) is 14.4. The van der Waals surface area contributed by atoms with Crippen molar-refractivity contribution in [3.63, 3.8) is 0 Å². The van der Waals surface area contributed by atoms with E-state index in [-0.39, 0.29) is 29.1 Å². The van der Waals surface area contributed by atoms with Gasteiger partial charge in [0.1, 0.15) is 0 Å². The molecule has 0 aliphatic heterocycles. The van der Waals surface area contributed by atoms with Crippen LogP contribution in [0, 0.1) is 6.92 Å². The molecule has 0 bridgehead atoms. The average Bonchev–Trinajstić information content (AvgIpc) is 2.15. The second-order valence-electron chi connectivity index (χ2n) is 3.27. The van der Waals surface area contributed by atoms with Crippen molar-refractivity contribution in [3.8, 4) is 0 Å². The number of carboxylic acids is 1. The lowest BCUT2D eigenvalue weighted by Crippen LogP contribution is -2.07. The SMILES string of the molecule is Cc1nc(CC(=O)O)cc(C(F)F)c1CCl. The lowest BCUT2D eigenvalue weighted by atomic mass is 10.1. The van der Waals surface area contributed by atoms with Crippen molar-refractivity contribution in [2.24, 2.45) is 0 Å². The van der Waals surface area contributed by atoms with Gasteiger partial charge in [-0.25, -0.2) is 8.78 Å². The minimum absolute atomic E-state index is 0.0636. The number of carbonyl (C=O) groups is 1. The van der Waals surface area contributed by atoms with Crippen molar-refractivity contribution in [2.45, 2.75) is 25.7 Å². The molecule has 0 unspecified atom stereocenters. The van der Waals surface area contributed by atoms with Crippen LogP contribution in [0.1, 0.15) is 28.9 Å². The van der Waals surface area contributed by atoms with Crippen LogP contribution in [0.15, 0.2) is 6.07 Å². The van der Waals surface area contributed by atoms with Gasteiger partial charge in [-0.1, -0.05) is 0 Å². The smallest absolute Gasteiger partial charge is 0.309 e. The lowest BCUT2D eigenvalue weighted by molar-refractivity contribution is -0.136. The molecular formula is C10H10ClF2NO2. The third-order valence-electron chi connectivity index (χ3n) is 2.12. The van der Waals surface area contributed by atoms with Crippen molar-refractivity contribution >= 4 is 17.6 Å². The summed E-state index contributed by atoms with van der Waals surface area (Å²) in [5.41, 5.74) is 0.503. The van der Waals surface area contributed by atoms with Crippen LogP contribution in [0.2, 0.25) is 0 Å². The van der Waals surface area contributed by atoms with Crippen molar-refractivity contribution in [2.75, 3.05) is 0 Å². The number of pyridine rings is 1. The van der Waals surface area contributed by atoms with Crippen LogP contribution < -0.4 is 0 Å². The van der Waals surface area contributed by atoms with Gasteiger partial charge in [0, 0.05) is 17.1 Å². The molecule has 6 heteroatoms. The summed E-state index contributed by atoms with van der Waals surface area (Å²) in [6, 6.07) is 1.10.